The van der Waals surface area contributed by atoms with Gasteiger partial charge in [0.25, 0.3) is 0 Å². The van der Waals surface area contributed by atoms with Gasteiger partial charge in [-0.15, -0.1) is 11.3 Å². The Morgan fingerprint density at radius 2 is 1.86 bits per heavy atom. The van der Waals surface area contributed by atoms with Crippen molar-refractivity contribution < 1.29 is 9.53 Å². The number of carbonyl (C=O) groups excluding carboxylic acids is 1. The van der Waals surface area contributed by atoms with Gasteiger partial charge in [0, 0.05) is 23.5 Å². The summed E-state index contributed by atoms with van der Waals surface area (Å²) >= 11 is 1.61. The van der Waals surface area contributed by atoms with Crippen molar-refractivity contribution in [3.63, 3.8) is 0 Å². The molecule has 2 rings (SSSR count). The molecule has 0 bridgehead atoms. The normalized spacial score (nSPS) is 11.2. The smallest absolute Gasteiger partial charge is 0.410 e. The zero-order valence-corrected chi connectivity index (χ0v) is 13.1. The molecule has 0 aliphatic carbocycles. The number of rotatable bonds is 5. The molecule has 0 aliphatic rings. The van der Waals surface area contributed by atoms with Crippen LogP contribution in [-0.2, 0) is 4.74 Å². The van der Waals surface area contributed by atoms with Crippen LogP contribution in [0.1, 0.15) is 24.3 Å². The molecule has 110 valence electrons. The average molecular weight is 301 g/mol. The first-order valence-electron chi connectivity index (χ1n) is 7.02. The van der Waals surface area contributed by atoms with Crippen molar-refractivity contribution in [2.24, 2.45) is 0 Å². The molecule has 0 radical (unpaired) electrons. The Balaban J connectivity index is 2.27. The highest BCUT2D eigenvalue weighted by Crippen LogP contribution is 2.22. The van der Waals surface area contributed by atoms with E-state index >= 15 is 0 Å². The molecule has 1 amide bonds. The first-order valence-corrected chi connectivity index (χ1v) is 7.90. The number of hydrogen-bond donors (Lipinski definition) is 0. The van der Waals surface area contributed by atoms with E-state index in [1.165, 1.54) is 0 Å². The molecule has 3 nitrogen and oxygen atoms in total. The zero-order valence-electron chi connectivity index (χ0n) is 12.3. The first-order chi connectivity index (χ1) is 10.2. The number of ether oxygens (including phenoxy) is 1. The van der Waals surface area contributed by atoms with Crippen molar-refractivity contribution in [1.29, 1.82) is 0 Å². The monoisotopic (exact) mass is 301 g/mol. The lowest BCUT2D eigenvalue weighted by Crippen LogP contribution is -2.30. The maximum Gasteiger partial charge on any atom is 0.415 e. The van der Waals surface area contributed by atoms with Crippen LogP contribution in [-0.4, -0.2) is 24.1 Å². The van der Waals surface area contributed by atoms with Gasteiger partial charge < -0.3 is 9.64 Å². The second kappa shape index (κ2) is 7.64. The second-order valence-corrected chi connectivity index (χ2v) is 5.41. The fourth-order valence-corrected chi connectivity index (χ4v) is 2.56. The molecule has 0 atom stereocenters. The molecule has 0 saturated carbocycles. The van der Waals surface area contributed by atoms with Gasteiger partial charge in [-0.05, 0) is 31.4 Å². The predicted molar refractivity (Wildman–Crippen MR) is 88.0 cm³/mol. The van der Waals surface area contributed by atoms with Gasteiger partial charge >= 0.3 is 6.09 Å². The van der Waals surface area contributed by atoms with E-state index in [0.29, 0.717) is 18.8 Å². The lowest BCUT2D eigenvalue weighted by molar-refractivity contribution is 0.148. The van der Waals surface area contributed by atoms with Crippen molar-refractivity contribution in [3.05, 3.63) is 58.3 Å². The van der Waals surface area contributed by atoms with E-state index in [-0.39, 0.29) is 6.09 Å². The molecule has 4 heteroatoms. The molecule has 1 heterocycles. The summed E-state index contributed by atoms with van der Waals surface area (Å²) in [6, 6.07) is 13.7. The van der Waals surface area contributed by atoms with Gasteiger partial charge in [-0.25, -0.2) is 4.79 Å². The molecule has 0 N–H and O–H groups in total. The van der Waals surface area contributed by atoms with Crippen molar-refractivity contribution in [2.45, 2.75) is 13.8 Å². The average Bonchev–Trinajstić information content (AvgIpc) is 3.02. The van der Waals surface area contributed by atoms with Crippen LogP contribution in [0, 0.1) is 0 Å². The summed E-state index contributed by atoms with van der Waals surface area (Å²) in [5.41, 5.74) is 0.895. The van der Waals surface area contributed by atoms with Gasteiger partial charge in [-0.2, -0.15) is 0 Å². The van der Waals surface area contributed by atoms with E-state index in [4.69, 9.17) is 4.74 Å². The summed E-state index contributed by atoms with van der Waals surface area (Å²) in [5.74, 6) is 0.579. The van der Waals surface area contributed by atoms with Gasteiger partial charge in [0.15, 0.2) is 0 Å². The van der Waals surface area contributed by atoms with Gasteiger partial charge in [0.1, 0.15) is 5.76 Å². The molecule has 2 aromatic rings. The van der Waals surface area contributed by atoms with E-state index < -0.39 is 0 Å². The quantitative estimate of drug-likeness (QED) is 0.748. The first kappa shape index (κ1) is 15.3. The Kier molecular flexibility index (Phi) is 5.58. The third kappa shape index (κ3) is 4.20. The second-order valence-electron chi connectivity index (χ2n) is 4.43. The van der Waals surface area contributed by atoms with E-state index in [0.717, 1.165) is 10.4 Å². The molecule has 0 unspecified atom stereocenters. The van der Waals surface area contributed by atoms with Gasteiger partial charge in [-0.1, -0.05) is 36.4 Å². The topological polar surface area (TPSA) is 29.5 Å². The molecule has 0 spiro atoms. The van der Waals surface area contributed by atoms with Crippen LogP contribution in [0.5, 0.6) is 0 Å². The maximum atomic E-state index is 12.2. The Morgan fingerprint density at radius 3 is 2.43 bits per heavy atom. The molecular formula is C17H19NO2S. The molecule has 0 fully saturated rings. The largest absolute Gasteiger partial charge is 0.415 e. The maximum absolute atomic E-state index is 12.2. The van der Waals surface area contributed by atoms with Gasteiger partial charge in [-0.3, -0.25) is 0 Å². The van der Waals surface area contributed by atoms with E-state index in [2.05, 4.69) is 0 Å². The Morgan fingerprint density at radius 1 is 1.14 bits per heavy atom. The van der Waals surface area contributed by atoms with Crippen LogP contribution in [0.3, 0.4) is 0 Å². The van der Waals surface area contributed by atoms with E-state index in [9.17, 15) is 4.79 Å². The standard InChI is InChI=1S/C17H19NO2S/c1-3-18(4-2)17(19)20-16(13-15-11-8-12-21-15)14-9-6-5-7-10-14/h5-13H,3-4H2,1-2H3/b16-13-. The Labute approximate surface area is 129 Å². The fraction of sp³-hybridized carbons (Fsp3) is 0.235. The van der Waals surface area contributed by atoms with Crippen LogP contribution in [0.15, 0.2) is 47.8 Å². The SMILES string of the molecule is CCN(CC)C(=O)O/C(=C\c1cccs1)c1ccccc1. The highest BCUT2D eigenvalue weighted by molar-refractivity contribution is 7.10. The Bertz CT molecular complexity index is 587. The number of amides is 1. The molecule has 0 aliphatic heterocycles. The van der Waals surface area contributed by atoms with Crippen LogP contribution < -0.4 is 0 Å². The molecule has 0 saturated heterocycles. The summed E-state index contributed by atoms with van der Waals surface area (Å²) in [6.07, 6.45) is 1.59. The summed E-state index contributed by atoms with van der Waals surface area (Å²) in [4.78, 5) is 14.9. The minimum absolute atomic E-state index is 0.313. The zero-order chi connectivity index (χ0) is 15.1. The number of carbonyl (C=O) groups is 1. The molecular weight excluding hydrogens is 282 g/mol. The predicted octanol–water partition coefficient (Wildman–Crippen LogP) is 4.72. The van der Waals surface area contributed by atoms with Gasteiger partial charge in [0.2, 0.25) is 0 Å². The van der Waals surface area contributed by atoms with Crippen LogP contribution in [0.25, 0.3) is 11.8 Å². The lowest BCUT2D eigenvalue weighted by Gasteiger charge is -2.19. The number of nitrogens with zero attached hydrogens (tertiary/aromatic N) is 1. The molecule has 1 aromatic heterocycles. The summed E-state index contributed by atoms with van der Waals surface area (Å²) in [7, 11) is 0. The highest BCUT2D eigenvalue weighted by atomic mass is 32.1. The summed E-state index contributed by atoms with van der Waals surface area (Å²) in [6.45, 7) is 5.15. The molecule has 1 aromatic carbocycles. The number of hydrogen-bond acceptors (Lipinski definition) is 3. The Hall–Kier alpha value is -2.07. The fourth-order valence-electron chi connectivity index (χ4n) is 1.92. The van der Waals surface area contributed by atoms with Crippen LogP contribution in [0.2, 0.25) is 0 Å². The summed E-state index contributed by atoms with van der Waals surface area (Å²) < 4.78 is 5.61. The van der Waals surface area contributed by atoms with Crippen molar-refractivity contribution in [2.75, 3.05) is 13.1 Å². The van der Waals surface area contributed by atoms with Crippen molar-refractivity contribution in [3.8, 4) is 0 Å². The minimum atomic E-state index is -0.313. The third-order valence-electron chi connectivity index (χ3n) is 3.09. The van der Waals surface area contributed by atoms with E-state index in [1.54, 1.807) is 16.2 Å². The molecule has 21 heavy (non-hydrogen) atoms. The van der Waals surface area contributed by atoms with Crippen LogP contribution >= 0.6 is 11.3 Å². The lowest BCUT2D eigenvalue weighted by atomic mass is 10.2. The minimum Gasteiger partial charge on any atom is -0.410 e. The van der Waals surface area contributed by atoms with Crippen molar-refractivity contribution in [1.82, 2.24) is 4.90 Å². The van der Waals surface area contributed by atoms with Crippen LogP contribution in [0.4, 0.5) is 4.79 Å². The van der Waals surface area contributed by atoms with Gasteiger partial charge in [0.05, 0.1) is 0 Å². The number of benzene rings is 1. The third-order valence-corrected chi connectivity index (χ3v) is 3.91. The highest BCUT2D eigenvalue weighted by Gasteiger charge is 2.15. The summed E-state index contributed by atoms with van der Waals surface area (Å²) in [5, 5.41) is 2.00. The number of thiophene rings is 1. The van der Waals surface area contributed by atoms with E-state index in [1.807, 2.05) is 67.8 Å². The van der Waals surface area contributed by atoms with Crippen molar-refractivity contribution >= 4 is 29.3 Å².